The number of hydrogen-bond acceptors (Lipinski definition) is 3. The van der Waals surface area contributed by atoms with Crippen molar-refractivity contribution in [3.63, 3.8) is 0 Å². The van der Waals surface area contributed by atoms with Crippen LogP contribution in [-0.2, 0) is 0 Å². The molecule has 1 aromatic carbocycles. The number of imidazole rings is 1. The second-order valence-electron chi connectivity index (χ2n) is 4.06. The van der Waals surface area contributed by atoms with Gasteiger partial charge >= 0.3 is 0 Å². The van der Waals surface area contributed by atoms with Gasteiger partial charge in [-0.25, -0.2) is 4.98 Å². The van der Waals surface area contributed by atoms with Crippen LogP contribution in [0.15, 0.2) is 48.8 Å². The Hall–Kier alpha value is -2.49. The van der Waals surface area contributed by atoms with E-state index in [1.54, 1.807) is 7.11 Å². The molecule has 0 atom stereocenters. The molecule has 0 fully saturated rings. The Kier molecular flexibility index (Phi) is 2.41. The second kappa shape index (κ2) is 4.07. The van der Waals surface area contributed by atoms with Crippen LogP contribution in [0.3, 0.4) is 0 Å². The number of nitrogens with two attached hydrogens (primary N) is 1. The fourth-order valence-electron chi connectivity index (χ4n) is 1.94. The van der Waals surface area contributed by atoms with Crippen molar-refractivity contribution >= 4 is 11.3 Å². The molecular weight excluding hydrogens is 226 g/mol. The summed E-state index contributed by atoms with van der Waals surface area (Å²) in [6, 6.07) is 11.5. The maximum Gasteiger partial charge on any atom is 0.180 e. The third kappa shape index (κ3) is 1.68. The number of fused-ring (bicyclic) bond motifs is 1. The second-order valence-corrected chi connectivity index (χ2v) is 4.06. The Morgan fingerprint density at radius 3 is 2.67 bits per heavy atom. The lowest BCUT2D eigenvalue weighted by Crippen LogP contribution is -1.88. The molecule has 4 nitrogen and oxygen atoms in total. The van der Waals surface area contributed by atoms with Gasteiger partial charge in [0.1, 0.15) is 0 Å². The molecule has 0 saturated carbocycles. The molecule has 2 N–H and O–H groups in total. The normalized spacial score (nSPS) is 10.7. The van der Waals surface area contributed by atoms with Crippen LogP contribution in [0.25, 0.3) is 16.9 Å². The van der Waals surface area contributed by atoms with Crippen molar-refractivity contribution in [1.82, 2.24) is 9.38 Å². The largest absolute Gasteiger partial charge is 0.493 e. The minimum Gasteiger partial charge on any atom is -0.493 e. The Morgan fingerprint density at radius 1 is 1.17 bits per heavy atom. The maximum atomic E-state index is 5.68. The van der Waals surface area contributed by atoms with Crippen molar-refractivity contribution in [2.24, 2.45) is 0 Å². The first-order valence-electron chi connectivity index (χ1n) is 5.65. The first-order chi connectivity index (χ1) is 8.78. The Labute approximate surface area is 105 Å². The van der Waals surface area contributed by atoms with Gasteiger partial charge in [-0.1, -0.05) is 12.1 Å². The molecule has 2 heterocycles. The van der Waals surface area contributed by atoms with E-state index in [4.69, 9.17) is 10.5 Å². The molecule has 0 bridgehead atoms. The molecule has 0 aliphatic carbocycles. The molecule has 0 spiro atoms. The van der Waals surface area contributed by atoms with Crippen LogP contribution in [0.4, 0.5) is 5.69 Å². The van der Waals surface area contributed by atoms with Crippen molar-refractivity contribution in [2.75, 3.05) is 12.8 Å². The summed E-state index contributed by atoms with van der Waals surface area (Å²) in [5.41, 5.74) is 9.18. The van der Waals surface area contributed by atoms with Gasteiger partial charge in [0.15, 0.2) is 11.4 Å². The summed E-state index contributed by atoms with van der Waals surface area (Å²) in [6.45, 7) is 0. The molecule has 4 heteroatoms. The minimum absolute atomic E-state index is 0.750. The molecule has 0 unspecified atom stereocenters. The summed E-state index contributed by atoms with van der Waals surface area (Å²) in [4.78, 5) is 4.58. The van der Waals surface area contributed by atoms with Crippen LogP contribution in [0, 0.1) is 0 Å². The Bertz CT molecular complexity index is 686. The molecule has 3 rings (SSSR count). The standard InChI is InChI=1S/C14H13N3O/c1-18-13-3-2-8-17-9-12(16-14(13)17)10-4-6-11(15)7-5-10/h2-9H,15H2,1H3. The van der Waals surface area contributed by atoms with Crippen LogP contribution in [0.1, 0.15) is 0 Å². The van der Waals surface area contributed by atoms with Crippen molar-refractivity contribution in [2.45, 2.75) is 0 Å². The zero-order valence-electron chi connectivity index (χ0n) is 10.00. The highest BCUT2D eigenvalue weighted by Crippen LogP contribution is 2.24. The number of nitrogens with zero attached hydrogens (tertiary/aromatic N) is 2. The van der Waals surface area contributed by atoms with Crippen LogP contribution in [0.2, 0.25) is 0 Å². The van der Waals surface area contributed by atoms with Gasteiger partial charge in [-0.3, -0.25) is 0 Å². The van der Waals surface area contributed by atoms with E-state index in [-0.39, 0.29) is 0 Å². The van der Waals surface area contributed by atoms with Crippen LogP contribution in [-0.4, -0.2) is 16.5 Å². The van der Waals surface area contributed by atoms with Gasteiger partial charge in [-0.2, -0.15) is 0 Å². The molecule has 2 aromatic heterocycles. The van der Waals surface area contributed by atoms with E-state index in [2.05, 4.69) is 4.98 Å². The van der Waals surface area contributed by atoms with Crippen molar-refractivity contribution in [1.29, 1.82) is 0 Å². The number of benzene rings is 1. The zero-order valence-corrected chi connectivity index (χ0v) is 10.00. The molecule has 0 saturated heterocycles. The number of pyridine rings is 1. The van der Waals surface area contributed by atoms with E-state index < -0.39 is 0 Å². The predicted octanol–water partition coefficient (Wildman–Crippen LogP) is 2.59. The lowest BCUT2D eigenvalue weighted by atomic mass is 10.1. The van der Waals surface area contributed by atoms with Gasteiger partial charge in [0.05, 0.1) is 12.8 Å². The summed E-state index contributed by atoms with van der Waals surface area (Å²) in [5, 5.41) is 0. The molecule has 18 heavy (non-hydrogen) atoms. The van der Waals surface area contributed by atoms with E-state index in [1.807, 2.05) is 53.2 Å². The van der Waals surface area contributed by atoms with E-state index in [9.17, 15) is 0 Å². The highest BCUT2D eigenvalue weighted by Gasteiger charge is 2.07. The van der Waals surface area contributed by atoms with E-state index in [1.165, 1.54) is 0 Å². The fourth-order valence-corrected chi connectivity index (χ4v) is 1.94. The summed E-state index contributed by atoms with van der Waals surface area (Å²) in [5.74, 6) is 0.763. The number of ether oxygens (including phenoxy) is 1. The summed E-state index contributed by atoms with van der Waals surface area (Å²) >= 11 is 0. The van der Waals surface area contributed by atoms with Gasteiger partial charge in [0, 0.05) is 23.6 Å². The zero-order chi connectivity index (χ0) is 12.5. The SMILES string of the molecule is COc1cccn2cc(-c3ccc(N)cc3)nc12. The summed E-state index contributed by atoms with van der Waals surface area (Å²) < 4.78 is 7.24. The van der Waals surface area contributed by atoms with E-state index in [0.29, 0.717) is 0 Å². The first-order valence-corrected chi connectivity index (χ1v) is 5.65. The quantitative estimate of drug-likeness (QED) is 0.699. The third-order valence-electron chi connectivity index (χ3n) is 2.87. The fraction of sp³-hybridized carbons (Fsp3) is 0.0714. The number of aromatic nitrogens is 2. The lowest BCUT2D eigenvalue weighted by molar-refractivity contribution is 0.417. The molecule has 0 amide bonds. The molecule has 3 aromatic rings. The number of hydrogen-bond donors (Lipinski definition) is 1. The smallest absolute Gasteiger partial charge is 0.180 e. The predicted molar refractivity (Wildman–Crippen MR) is 71.6 cm³/mol. The molecule has 0 aliphatic rings. The highest BCUT2D eigenvalue weighted by molar-refractivity contribution is 5.67. The molecule has 90 valence electrons. The molecule has 0 aliphatic heterocycles. The topological polar surface area (TPSA) is 52.5 Å². The van der Waals surface area contributed by atoms with Gasteiger partial charge in [0.25, 0.3) is 0 Å². The summed E-state index contributed by atoms with van der Waals surface area (Å²) in [7, 11) is 1.65. The highest BCUT2D eigenvalue weighted by atomic mass is 16.5. The van der Waals surface area contributed by atoms with Crippen LogP contribution < -0.4 is 10.5 Å². The number of methoxy groups -OCH3 is 1. The van der Waals surface area contributed by atoms with Gasteiger partial charge in [-0.15, -0.1) is 0 Å². The first kappa shape index (κ1) is 10.7. The molecule has 0 radical (unpaired) electrons. The van der Waals surface area contributed by atoms with Gasteiger partial charge < -0.3 is 14.9 Å². The maximum absolute atomic E-state index is 5.68. The third-order valence-corrected chi connectivity index (χ3v) is 2.87. The van der Waals surface area contributed by atoms with Crippen molar-refractivity contribution in [3.8, 4) is 17.0 Å². The molecular formula is C14H13N3O. The number of nitrogen functional groups attached to an aromatic ring is 1. The monoisotopic (exact) mass is 239 g/mol. The van der Waals surface area contributed by atoms with Gasteiger partial charge in [0.2, 0.25) is 0 Å². The van der Waals surface area contributed by atoms with Crippen molar-refractivity contribution < 1.29 is 4.74 Å². The van der Waals surface area contributed by atoms with E-state index in [0.717, 1.165) is 28.3 Å². The Balaban J connectivity index is 2.16. The lowest BCUT2D eigenvalue weighted by Gasteiger charge is -1.99. The van der Waals surface area contributed by atoms with E-state index >= 15 is 0 Å². The van der Waals surface area contributed by atoms with Crippen LogP contribution in [0.5, 0.6) is 5.75 Å². The summed E-state index contributed by atoms with van der Waals surface area (Å²) in [6.07, 6.45) is 3.93. The Morgan fingerprint density at radius 2 is 1.94 bits per heavy atom. The number of anilines is 1. The minimum atomic E-state index is 0.750. The van der Waals surface area contributed by atoms with Crippen LogP contribution >= 0.6 is 0 Å². The average Bonchev–Trinajstić information content (AvgIpc) is 2.83. The van der Waals surface area contributed by atoms with Crippen molar-refractivity contribution in [3.05, 3.63) is 48.8 Å². The average molecular weight is 239 g/mol. The number of rotatable bonds is 2. The van der Waals surface area contributed by atoms with Gasteiger partial charge in [-0.05, 0) is 24.3 Å².